The van der Waals surface area contributed by atoms with Crippen molar-refractivity contribution in [2.45, 2.75) is 51.7 Å². The van der Waals surface area contributed by atoms with Crippen molar-refractivity contribution in [1.82, 2.24) is 4.90 Å². The highest BCUT2D eigenvalue weighted by molar-refractivity contribution is 5.69. The molecule has 2 rings (SSSR count). The lowest BCUT2D eigenvalue weighted by Crippen LogP contribution is -2.52. The van der Waals surface area contributed by atoms with Crippen LogP contribution >= 0.6 is 0 Å². The molecule has 1 aliphatic heterocycles. The predicted molar refractivity (Wildman–Crippen MR) is 77.8 cm³/mol. The lowest BCUT2D eigenvalue weighted by molar-refractivity contribution is -0.00655. The summed E-state index contributed by atoms with van der Waals surface area (Å²) in [6, 6.07) is 7.51. The maximum Gasteiger partial charge on any atom is 0.410 e. The van der Waals surface area contributed by atoms with E-state index in [2.05, 4.69) is 0 Å². The summed E-state index contributed by atoms with van der Waals surface area (Å²) in [5.41, 5.74) is 0.743. The summed E-state index contributed by atoms with van der Waals surface area (Å²) in [7, 11) is 0. The summed E-state index contributed by atoms with van der Waals surface area (Å²) in [6.07, 6.45) is 2.67. The number of ether oxygens (including phenoxy) is 1. The third-order valence-corrected chi connectivity index (χ3v) is 3.47. The molecule has 20 heavy (non-hydrogen) atoms. The van der Waals surface area contributed by atoms with Crippen molar-refractivity contribution >= 4 is 6.09 Å². The van der Waals surface area contributed by atoms with Gasteiger partial charge in [-0.25, -0.2) is 4.79 Å². The molecule has 1 atom stereocenters. The van der Waals surface area contributed by atoms with Crippen molar-refractivity contribution in [2.24, 2.45) is 0 Å². The predicted octanol–water partition coefficient (Wildman–Crippen LogP) is 3.33. The number of aromatic hydroxyl groups is 1. The molecule has 1 aromatic rings. The zero-order valence-electron chi connectivity index (χ0n) is 12.4. The fourth-order valence-electron chi connectivity index (χ4n) is 2.30. The van der Waals surface area contributed by atoms with E-state index in [1.54, 1.807) is 12.1 Å². The van der Waals surface area contributed by atoms with E-state index in [0.29, 0.717) is 0 Å². The van der Waals surface area contributed by atoms with E-state index in [0.717, 1.165) is 25.8 Å². The molecule has 0 saturated carbocycles. The number of phenols is 1. The van der Waals surface area contributed by atoms with Crippen molar-refractivity contribution in [1.29, 1.82) is 0 Å². The third kappa shape index (κ3) is 3.89. The summed E-state index contributed by atoms with van der Waals surface area (Å²) < 4.78 is 5.39. The first-order valence-electron chi connectivity index (χ1n) is 7.13. The standard InChI is InChI=1S/C16H23NO3/c1-16(2,3)20-15(19)17-11-10-13(17)7-4-12-5-8-14(18)9-6-12/h5-6,8-9,13,18H,4,7,10-11H2,1-3H3. The number of hydrogen-bond acceptors (Lipinski definition) is 3. The second-order valence-corrected chi connectivity index (χ2v) is 6.32. The molecule has 1 fully saturated rings. The van der Waals surface area contributed by atoms with E-state index < -0.39 is 5.60 Å². The minimum absolute atomic E-state index is 0.209. The first-order chi connectivity index (χ1) is 9.35. The number of phenolic OH excluding ortho intramolecular Hbond substituents is 1. The zero-order valence-corrected chi connectivity index (χ0v) is 12.4. The van der Waals surface area contributed by atoms with Crippen LogP contribution in [0.3, 0.4) is 0 Å². The number of likely N-dealkylation sites (tertiary alicyclic amines) is 1. The van der Waals surface area contributed by atoms with Crippen LogP contribution in [0, 0.1) is 0 Å². The van der Waals surface area contributed by atoms with Crippen LogP contribution in [0.5, 0.6) is 5.75 Å². The Bertz CT molecular complexity index is 462. The van der Waals surface area contributed by atoms with Crippen LogP contribution in [0.15, 0.2) is 24.3 Å². The fourth-order valence-corrected chi connectivity index (χ4v) is 2.30. The van der Waals surface area contributed by atoms with Gasteiger partial charge < -0.3 is 14.7 Å². The molecule has 1 amide bonds. The number of carbonyl (C=O) groups is 1. The largest absolute Gasteiger partial charge is 0.508 e. The molecule has 4 heteroatoms. The van der Waals surface area contributed by atoms with Crippen molar-refractivity contribution < 1.29 is 14.6 Å². The van der Waals surface area contributed by atoms with Crippen molar-refractivity contribution in [2.75, 3.05) is 6.54 Å². The van der Waals surface area contributed by atoms with Gasteiger partial charge in [-0.05, 0) is 57.7 Å². The van der Waals surface area contributed by atoms with Gasteiger partial charge in [-0.2, -0.15) is 0 Å². The smallest absolute Gasteiger partial charge is 0.410 e. The van der Waals surface area contributed by atoms with Crippen LogP contribution in [0.1, 0.15) is 39.2 Å². The van der Waals surface area contributed by atoms with E-state index in [1.165, 1.54) is 5.56 Å². The third-order valence-electron chi connectivity index (χ3n) is 3.47. The molecule has 0 spiro atoms. The van der Waals surface area contributed by atoms with E-state index >= 15 is 0 Å². The van der Waals surface area contributed by atoms with Gasteiger partial charge in [0.2, 0.25) is 0 Å². The second-order valence-electron chi connectivity index (χ2n) is 6.32. The molecule has 4 nitrogen and oxygen atoms in total. The van der Waals surface area contributed by atoms with Gasteiger partial charge in [0.25, 0.3) is 0 Å². The molecule has 110 valence electrons. The first-order valence-corrected chi connectivity index (χ1v) is 7.13. The first kappa shape index (κ1) is 14.7. The van der Waals surface area contributed by atoms with Crippen LogP contribution in [-0.2, 0) is 11.2 Å². The van der Waals surface area contributed by atoms with Gasteiger partial charge in [-0.15, -0.1) is 0 Å². The van der Waals surface area contributed by atoms with Crippen LogP contribution in [0.4, 0.5) is 4.79 Å². The topological polar surface area (TPSA) is 49.8 Å². The summed E-state index contributed by atoms with van der Waals surface area (Å²) in [5, 5.41) is 9.24. The Morgan fingerprint density at radius 3 is 2.50 bits per heavy atom. The Hall–Kier alpha value is -1.71. The molecule has 1 heterocycles. The van der Waals surface area contributed by atoms with Gasteiger partial charge >= 0.3 is 6.09 Å². The van der Waals surface area contributed by atoms with Crippen molar-refractivity contribution in [3.8, 4) is 5.75 Å². The van der Waals surface area contributed by atoms with Crippen molar-refractivity contribution in [3.63, 3.8) is 0 Å². The normalized spacial score (nSPS) is 18.6. The van der Waals surface area contributed by atoms with Crippen molar-refractivity contribution in [3.05, 3.63) is 29.8 Å². The van der Waals surface area contributed by atoms with Gasteiger partial charge in [-0.3, -0.25) is 0 Å². The van der Waals surface area contributed by atoms with Gasteiger partial charge in [-0.1, -0.05) is 12.1 Å². The van der Waals surface area contributed by atoms with E-state index in [1.807, 2.05) is 37.8 Å². The number of amides is 1. The fraction of sp³-hybridized carbons (Fsp3) is 0.562. The van der Waals surface area contributed by atoms with E-state index in [4.69, 9.17) is 4.74 Å². The number of carbonyl (C=O) groups excluding carboxylic acids is 1. The van der Waals surface area contributed by atoms with Crippen LogP contribution < -0.4 is 0 Å². The SMILES string of the molecule is CC(C)(C)OC(=O)N1CCC1CCc1ccc(O)cc1. The molecule has 1 saturated heterocycles. The Balaban J connectivity index is 1.82. The summed E-state index contributed by atoms with van der Waals surface area (Å²) >= 11 is 0. The lowest BCUT2D eigenvalue weighted by Gasteiger charge is -2.41. The second kappa shape index (κ2) is 5.73. The molecule has 0 bridgehead atoms. The Morgan fingerprint density at radius 1 is 1.35 bits per heavy atom. The zero-order chi connectivity index (χ0) is 14.8. The summed E-state index contributed by atoms with van der Waals surface area (Å²) in [6.45, 7) is 6.44. The highest BCUT2D eigenvalue weighted by Crippen LogP contribution is 2.25. The number of aryl methyl sites for hydroxylation is 1. The number of hydrogen-bond donors (Lipinski definition) is 1. The van der Waals surface area contributed by atoms with E-state index in [9.17, 15) is 9.90 Å². The highest BCUT2D eigenvalue weighted by atomic mass is 16.6. The molecule has 1 unspecified atom stereocenters. The van der Waals surface area contributed by atoms with Gasteiger partial charge in [0.1, 0.15) is 11.4 Å². The maximum absolute atomic E-state index is 12.0. The summed E-state index contributed by atoms with van der Waals surface area (Å²) in [5.74, 6) is 0.285. The van der Waals surface area contributed by atoms with Crippen LogP contribution in [0.2, 0.25) is 0 Å². The molecule has 0 aromatic heterocycles. The minimum Gasteiger partial charge on any atom is -0.508 e. The Morgan fingerprint density at radius 2 is 2.00 bits per heavy atom. The number of benzene rings is 1. The number of rotatable bonds is 3. The quantitative estimate of drug-likeness (QED) is 0.922. The Labute approximate surface area is 120 Å². The monoisotopic (exact) mass is 277 g/mol. The average Bonchev–Trinajstić information content (AvgIpc) is 2.27. The van der Waals surface area contributed by atoms with Crippen LogP contribution in [0.25, 0.3) is 0 Å². The minimum atomic E-state index is -0.436. The van der Waals surface area contributed by atoms with Crippen LogP contribution in [-0.4, -0.2) is 34.3 Å². The molecule has 0 aliphatic carbocycles. The molecule has 0 radical (unpaired) electrons. The maximum atomic E-state index is 12.0. The number of nitrogens with zero attached hydrogens (tertiary/aromatic N) is 1. The highest BCUT2D eigenvalue weighted by Gasteiger charge is 2.34. The average molecular weight is 277 g/mol. The molecular formula is C16H23NO3. The lowest BCUT2D eigenvalue weighted by atomic mass is 9.96. The van der Waals surface area contributed by atoms with E-state index in [-0.39, 0.29) is 17.9 Å². The van der Waals surface area contributed by atoms with Gasteiger partial charge in [0, 0.05) is 12.6 Å². The molecular weight excluding hydrogens is 254 g/mol. The molecule has 1 aliphatic rings. The Kier molecular flexibility index (Phi) is 4.21. The molecule has 1 N–H and O–H groups in total. The summed E-state index contributed by atoms with van der Waals surface area (Å²) in [4.78, 5) is 13.8. The van der Waals surface area contributed by atoms with Gasteiger partial charge in [0.05, 0.1) is 0 Å². The van der Waals surface area contributed by atoms with Gasteiger partial charge in [0.15, 0.2) is 0 Å². The molecule has 1 aromatic carbocycles.